The van der Waals surface area contributed by atoms with E-state index in [0.717, 1.165) is 12.0 Å². The molecule has 1 aromatic rings. The number of hydrogen-bond acceptors (Lipinski definition) is 4. The van der Waals surface area contributed by atoms with Gasteiger partial charge in [0, 0.05) is 17.5 Å². The SMILES string of the molecule is CNC1CCCc2sc(N3CC4CCC3C4)nc21. The molecule has 3 nitrogen and oxygen atoms in total. The summed E-state index contributed by atoms with van der Waals surface area (Å²) in [6.07, 6.45) is 8.06. The number of thiazole rings is 1. The highest BCUT2D eigenvalue weighted by molar-refractivity contribution is 7.15. The van der Waals surface area contributed by atoms with Gasteiger partial charge in [-0.15, -0.1) is 11.3 Å². The first-order valence-corrected chi connectivity index (χ1v) is 8.10. The highest BCUT2D eigenvalue weighted by Crippen LogP contribution is 2.44. The van der Waals surface area contributed by atoms with Gasteiger partial charge < -0.3 is 10.2 Å². The van der Waals surface area contributed by atoms with Crippen LogP contribution in [0.2, 0.25) is 0 Å². The Labute approximate surface area is 113 Å². The van der Waals surface area contributed by atoms with Gasteiger partial charge in [-0.2, -0.15) is 0 Å². The first-order valence-electron chi connectivity index (χ1n) is 7.28. The van der Waals surface area contributed by atoms with E-state index in [2.05, 4.69) is 17.3 Å². The smallest absolute Gasteiger partial charge is 0.186 e. The molecule has 1 N–H and O–H groups in total. The minimum atomic E-state index is 0.499. The van der Waals surface area contributed by atoms with Crippen molar-refractivity contribution in [1.82, 2.24) is 10.3 Å². The first kappa shape index (κ1) is 11.2. The summed E-state index contributed by atoms with van der Waals surface area (Å²) in [5.74, 6) is 0.955. The fourth-order valence-electron chi connectivity index (χ4n) is 3.97. The Morgan fingerprint density at radius 3 is 3.00 bits per heavy atom. The van der Waals surface area contributed by atoms with Crippen molar-refractivity contribution < 1.29 is 0 Å². The molecule has 4 heteroatoms. The number of fused-ring (bicyclic) bond motifs is 3. The van der Waals surface area contributed by atoms with E-state index in [1.807, 2.05) is 11.3 Å². The van der Waals surface area contributed by atoms with Gasteiger partial charge in [-0.25, -0.2) is 4.98 Å². The zero-order valence-corrected chi connectivity index (χ0v) is 11.8. The third kappa shape index (κ3) is 1.62. The number of rotatable bonds is 2. The third-order valence-corrected chi connectivity index (χ3v) is 6.11. The molecule has 1 saturated carbocycles. The van der Waals surface area contributed by atoms with E-state index in [1.165, 1.54) is 55.9 Å². The number of anilines is 1. The summed E-state index contributed by atoms with van der Waals surface area (Å²) >= 11 is 1.97. The monoisotopic (exact) mass is 263 g/mol. The molecule has 18 heavy (non-hydrogen) atoms. The van der Waals surface area contributed by atoms with Crippen molar-refractivity contribution >= 4 is 16.5 Å². The van der Waals surface area contributed by atoms with Gasteiger partial charge in [-0.3, -0.25) is 0 Å². The minimum Gasteiger partial charge on any atom is -0.345 e. The Hall–Kier alpha value is -0.610. The lowest BCUT2D eigenvalue weighted by atomic mass is 9.98. The first-order chi connectivity index (χ1) is 8.85. The van der Waals surface area contributed by atoms with Crippen molar-refractivity contribution in [3.05, 3.63) is 10.6 Å². The summed E-state index contributed by atoms with van der Waals surface area (Å²) in [6, 6.07) is 1.30. The van der Waals surface area contributed by atoms with Gasteiger partial charge in [0.25, 0.3) is 0 Å². The standard InChI is InChI=1S/C14H21N3S/c1-15-11-3-2-4-12-13(11)16-14(18-12)17-8-9-5-6-10(17)7-9/h9-11,15H,2-8H2,1H3. The number of hydrogen-bond donors (Lipinski definition) is 1. The molecule has 3 unspecified atom stereocenters. The van der Waals surface area contributed by atoms with Crippen LogP contribution in [0.25, 0.3) is 0 Å². The molecule has 0 amide bonds. The molecule has 1 saturated heterocycles. The fraction of sp³-hybridized carbons (Fsp3) is 0.786. The van der Waals surface area contributed by atoms with Crippen molar-refractivity contribution in [3.63, 3.8) is 0 Å². The molecular weight excluding hydrogens is 242 g/mol. The number of piperidine rings is 1. The number of aromatic nitrogens is 1. The lowest BCUT2D eigenvalue weighted by Gasteiger charge is -2.26. The lowest BCUT2D eigenvalue weighted by molar-refractivity contribution is 0.488. The Bertz CT molecular complexity index is 456. The average molecular weight is 263 g/mol. The molecule has 1 aromatic heterocycles. The normalized spacial score (nSPS) is 34.1. The van der Waals surface area contributed by atoms with Crippen LogP contribution in [0.3, 0.4) is 0 Å². The zero-order valence-electron chi connectivity index (χ0n) is 11.0. The molecule has 2 aliphatic carbocycles. The molecule has 98 valence electrons. The number of nitrogens with zero attached hydrogens (tertiary/aromatic N) is 2. The number of nitrogens with one attached hydrogen (secondary N) is 1. The predicted octanol–water partition coefficient (Wildman–Crippen LogP) is 2.73. The maximum absolute atomic E-state index is 4.99. The summed E-state index contributed by atoms with van der Waals surface area (Å²) in [5, 5.41) is 4.74. The van der Waals surface area contributed by atoms with Gasteiger partial charge in [0.15, 0.2) is 5.13 Å². The Balaban J connectivity index is 1.65. The van der Waals surface area contributed by atoms with Crippen LogP contribution in [-0.4, -0.2) is 24.6 Å². The molecule has 2 bridgehead atoms. The Morgan fingerprint density at radius 2 is 2.28 bits per heavy atom. The second kappa shape index (κ2) is 4.20. The maximum atomic E-state index is 4.99. The highest BCUT2D eigenvalue weighted by Gasteiger charge is 2.39. The van der Waals surface area contributed by atoms with Crippen LogP contribution in [0.1, 0.15) is 48.7 Å². The molecule has 0 radical (unpaired) electrons. The molecule has 0 spiro atoms. The number of aryl methyl sites for hydroxylation is 1. The van der Waals surface area contributed by atoms with Crippen molar-refractivity contribution in [2.75, 3.05) is 18.5 Å². The van der Waals surface area contributed by atoms with Crippen LogP contribution in [0.5, 0.6) is 0 Å². The van der Waals surface area contributed by atoms with Crippen LogP contribution in [-0.2, 0) is 6.42 Å². The third-order valence-electron chi connectivity index (χ3n) is 4.95. The minimum absolute atomic E-state index is 0.499. The van der Waals surface area contributed by atoms with Gasteiger partial charge in [0.05, 0.1) is 11.7 Å². The summed E-state index contributed by atoms with van der Waals surface area (Å²) in [4.78, 5) is 9.13. The largest absolute Gasteiger partial charge is 0.345 e. The second-order valence-corrected chi connectivity index (χ2v) is 7.09. The van der Waals surface area contributed by atoms with E-state index in [0.29, 0.717) is 6.04 Å². The molecule has 1 aliphatic heterocycles. The molecule has 2 heterocycles. The maximum Gasteiger partial charge on any atom is 0.186 e. The highest BCUT2D eigenvalue weighted by atomic mass is 32.1. The van der Waals surface area contributed by atoms with Gasteiger partial charge in [0.2, 0.25) is 0 Å². The van der Waals surface area contributed by atoms with Crippen molar-refractivity contribution in [2.24, 2.45) is 5.92 Å². The van der Waals surface area contributed by atoms with E-state index in [9.17, 15) is 0 Å². The Morgan fingerprint density at radius 1 is 1.33 bits per heavy atom. The topological polar surface area (TPSA) is 28.2 Å². The molecule has 2 fully saturated rings. The molecule has 0 aromatic carbocycles. The van der Waals surface area contributed by atoms with Crippen LogP contribution < -0.4 is 10.2 Å². The molecule has 3 atom stereocenters. The van der Waals surface area contributed by atoms with Gasteiger partial charge >= 0.3 is 0 Å². The lowest BCUT2D eigenvalue weighted by Crippen LogP contribution is -2.31. The Kier molecular flexibility index (Phi) is 2.62. The van der Waals surface area contributed by atoms with Gasteiger partial charge in [-0.05, 0) is 51.5 Å². The van der Waals surface area contributed by atoms with Crippen molar-refractivity contribution in [3.8, 4) is 0 Å². The molecule has 3 aliphatic rings. The van der Waals surface area contributed by atoms with E-state index in [1.54, 1.807) is 4.88 Å². The second-order valence-electron chi connectivity index (χ2n) is 6.02. The summed E-state index contributed by atoms with van der Waals surface area (Å²) in [6.45, 7) is 1.27. The van der Waals surface area contributed by atoms with Crippen LogP contribution in [0.4, 0.5) is 5.13 Å². The fourth-order valence-corrected chi connectivity index (χ4v) is 5.21. The average Bonchev–Trinajstić information content (AvgIpc) is 3.11. The summed E-state index contributed by atoms with van der Waals surface area (Å²) in [5.41, 5.74) is 1.35. The molecule has 4 rings (SSSR count). The van der Waals surface area contributed by atoms with Gasteiger partial charge in [0.1, 0.15) is 0 Å². The zero-order chi connectivity index (χ0) is 12.1. The predicted molar refractivity (Wildman–Crippen MR) is 75.3 cm³/mol. The van der Waals surface area contributed by atoms with Crippen LogP contribution in [0, 0.1) is 5.92 Å². The van der Waals surface area contributed by atoms with Gasteiger partial charge in [-0.1, -0.05) is 0 Å². The molecular formula is C14H21N3S. The van der Waals surface area contributed by atoms with Crippen molar-refractivity contribution in [1.29, 1.82) is 0 Å². The van der Waals surface area contributed by atoms with E-state index >= 15 is 0 Å². The van der Waals surface area contributed by atoms with Crippen LogP contribution >= 0.6 is 11.3 Å². The summed E-state index contributed by atoms with van der Waals surface area (Å²) in [7, 11) is 2.07. The summed E-state index contributed by atoms with van der Waals surface area (Å²) < 4.78 is 0. The quantitative estimate of drug-likeness (QED) is 0.889. The van der Waals surface area contributed by atoms with Crippen LogP contribution in [0.15, 0.2) is 0 Å². The van der Waals surface area contributed by atoms with Crippen molar-refractivity contribution in [2.45, 2.75) is 50.6 Å². The van der Waals surface area contributed by atoms with E-state index < -0.39 is 0 Å². The van der Waals surface area contributed by atoms with E-state index in [-0.39, 0.29) is 0 Å². The van der Waals surface area contributed by atoms with E-state index in [4.69, 9.17) is 4.98 Å².